The summed E-state index contributed by atoms with van der Waals surface area (Å²) >= 11 is 9.42. The second-order valence-electron chi connectivity index (χ2n) is 4.34. The molecule has 0 bridgehead atoms. The van der Waals surface area contributed by atoms with Crippen molar-refractivity contribution in [2.45, 2.75) is 26.2 Å². The Labute approximate surface area is 126 Å². The summed E-state index contributed by atoms with van der Waals surface area (Å²) in [6, 6.07) is 7.70. The summed E-state index contributed by atoms with van der Waals surface area (Å²) in [6.45, 7) is 2.11. The number of rotatable bonds is 4. The molecule has 5 heteroatoms. The van der Waals surface area contributed by atoms with Crippen molar-refractivity contribution in [3.05, 3.63) is 50.8 Å². The first-order chi connectivity index (χ1) is 9.10. The topological polar surface area (TPSA) is 51.8 Å². The highest BCUT2D eigenvalue weighted by Gasteiger charge is 2.10. The van der Waals surface area contributed by atoms with Gasteiger partial charge in [-0.3, -0.25) is 0 Å². The van der Waals surface area contributed by atoms with E-state index in [2.05, 4.69) is 32.8 Å². The summed E-state index contributed by atoms with van der Waals surface area (Å²) in [5, 5.41) is 0.719. The predicted octanol–water partition coefficient (Wildman–Crippen LogP) is 4.02. The quantitative estimate of drug-likeness (QED) is 0.914. The number of nitrogens with zero attached hydrogens (tertiary/aromatic N) is 2. The fourth-order valence-corrected chi connectivity index (χ4v) is 2.47. The standard InChI is InChI=1S/C14H15BrClN3/c1-2-4-11-13(15)14(17)19-12(18-11)8-9-5-3-6-10(16)7-9/h3,5-7H,2,4,8H2,1H3,(H2,17,18,19). The number of aromatic nitrogens is 2. The number of hydrogen-bond donors (Lipinski definition) is 1. The highest BCUT2D eigenvalue weighted by atomic mass is 79.9. The molecule has 0 aliphatic carbocycles. The first kappa shape index (κ1) is 14.3. The van der Waals surface area contributed by atoms with Crippen LogP contribution in [0.5, 0.6) is 0 Å². The molecule has 2 aromatic rings. The zero-order valence-electron chi connectivity index (χ0n) is 10.7. The molecule has 0 radical (unpaired) electrons. The van der Waals surface area contributed by atoms with Crippen molar-refractivity contribution in [3.63, 3.8) is 0 Å². The molecule has 0 saturated heterocycles. The molecular weight excluding hydrogens is 326 g/mol. The van der Waals surface area contributed by atoms with Crippen molar-refractivity contribution in [2.24, 2.45) is 0 Å². The van der Waals surface area contributed by atoms with Gasteiger partial charge in [0.2, 0.25) is 0 Å². The second kappa shape index (κ2) is 6.35. The minimum absolute atomic E-state index is 0.496. The SMILES string of the molecule is CCCc1nc(Cc2cccc(Cl)c2)nc(N)c1Br. The van der Waals surface area contributed by atoms with E-state index in [0.29, 0.717) is 12.2 Å². The van der Waals surface area contributed by atoms with Crippen molar-refractivity contribution >= 4 is 33.3 Å². The fraction of sp³-hybridized carbons (Fsp3) is 0.286. The zero-order chi connectivity index (χ0) is 13.8. The second-order valence-corrected chi connectivity index (χ2v) is 5.57. The van der Waals surface area contributed by atoms with Crippen LogP contribution in [-0.2, 0) is 12.8 Å². The Kier molecular flexibility index (Phi) is 4.77. The summed E-state index contributed by atoms with van der Waals surface area (Å²) in [5.74, 6) is 1.22. The van der Waals surface area contributed by atoms with Gasteiger partial charge >= 0.3 is 0 Å². The average molecular weight is 341 g/mol. The van der Waals surface area contributed by atoms with Gasteiger partial charge in [0, 0.05) is 11.4 Å². The Morgan fingerprint density at radius 2 is 2.11 bits per heavy atom. The van der Waals surface area contributed by atoms with Gasteiger partial charge in [-0.1, -0.05) is 37.1 Å². The Morgan fingerprint density at radius 1 is 1.32 bits per heavy atom. The van der Waals surface area contributed by atoms with Gasteiger partial charge in [0.25, 0.3) is 0 Å². The van der Waals surface area contributed by atoms with Gasteiger partial charge in [-0.15, -0.1) is 0 Å². The van der Waals surface area contributed by atoms with Crippen LogP contribution in [0.15, 0.2) is 28.7 Å². The van der Waals surface area contributed by atoms with E-state index in [1.165, 1.54) is 0 Å². The molecule has 3 nitrogen and oxygen atoms in total. The third-order valence-corrected chi connectivity index (χ3v) is 3.83. The maximum Gasteiger partial charge on any atom is 0.141 e. The summed E-state index contributed by atoms with van der Waals surface area (Å²) in [6.07, 6.45) is 2.54. The molecule has 19 heavy (non-hydrogen) atoms. The molecule has 0 fully saturated rings. The molecule has 1 heterocycles. The van der Waals surface area contributed by atoms with E-state index in [4.69, 9.17) is 17.3 Å². The van der Waals surface area contributed by atoms with Crippen LogP contribution in [-0.4, -0.2) is 9.97 Å². The third-order valence-electron chi connectivity index (χ3n) is 2.73. The monoisotopic (exact) mass is 339 g/mol. The van der Waals surface area contributed by atoms with Crippen LogP contribution in [0, 0.1) is 0 Å². The molecule has 2 N–H and O–H groups in total. The molecular formula is C14H15BrClN3. The Balaban J connectivity index is 2.30. The van der Waals surface area contributed by atoms with E-state index in [1.807, 2.05) is 24.3 Å². The van der Waals surface area contributed by atoms with E-state index in [9.17, 15) is 0 Å². The molecule has 0 aliphatic heterocycles. The lowest BCUT2D eigenvalue weighted by atomic mass is 10.1. The maximum atomic E-state index is 5.98. The summed E-state index contributed by atoms with van der Waals surface area (Å²) in [5.41, 5.74) is 7.96. The van der Waals surface area contributed by atoms with Crippen LogP contribution in [0.25, 0.3) is 0 Å². The number of aryl methyl sites for hydroxylation is 1. The number of nitrogen functional groups attached to an aromatic ring is 1. The van der Waals surface area contributed by atoms with Crippen molar-refractivity contribution in [1.82, 2.24) is 9.97 Å². The number of anilines is 1. The molecule has 1 aromatic heterocycles. The molecule has 2 rings (SSSR count). The molecule has 0 atom stereocenters. The summed E-state index contributed by atoms with van der Waals surface area (Å²) in [4.78, 5) is 8.88. The lowest BCUT2D eigenvalue weighted by molar-refractivity contribution is 0.837. The van der Waals surface area contributed by atoms with E-state index in [1.54, 1.807) is 0 Å². The fourth-order valence-electron chi connectivity index (χ4n) is 1.88. The van der Waals surface area contributed by atoms with Gasteiger partial charge in [-0.05, 0) is 40.0 Å². The van der Waals surface area contributed by atoms with E-state index >= 15 is 0 Å². The van der Waals surface area contributed by atoms with Crippen LogP contribution in [0.4, 0.5) is 5.82 Å². The van der Waals surface area contributed by atoms with Crippen LogP contribution < -0.4 is 5.73 Å². The largest absolute Gasteiger partial charge is 0.383 e. The molecule has 0 saturated carbocycles. The molecule has 0 unspecified atom stereocenters. The predicted molar refractivity (Wildman–Crippen MR) is 82.4 cm³/mol. The van der Waals surface area contributed by atoms with Gasteiger partial charge < -0.3 is 5.73 Å². The normalized spacial score (nSPS) is 10.7. The summed E-state index contributed by atoms with van der Waals surface area (Å²) < 4.78 is 0.809. The van der Waals surface area contributed by atoms with Crippen molar-refractivity contribution in [1.29, 1.82) is 0 Å². The van der Waals surface area contributed by atoms with Crippen LogP contribution >= 0.6 is 27.5 Å². The van der Waals surface area contributed by atoms with Gasteiger partial charge in [0.1, 0.15) is 11.6 Å². The lowest BCUT2D eigenvalue weighted by Crippen LogP contribution is -2.06. The van der Waals surface area contributed by atoms with Crippen LogP contribution in [0.2, 0.25) is 5.02 Å². The summed E-state index contributed by atoms with van der Waals surface area (Å²) in [7, 11) is 0. The highest BCUT2D eigenvalue weighted by Crippen LogP contribution is 2.23. The van der Waals surface area contributed by atoms with E-state index < -0.39 is 0 Å². The molecule has 0 spiro atoms. The molecule has 0 amide bonds. The Bertz CT molecular complexity index is 587. The molecule has 0 aliphatic rings. The van der Waals surface area contributed by atoms with E-state index in [-0.39, 0.29) is 0 Å². The average Bonchev–Trinajstić information content (AvgIpc) is 2.35. The third kappa shape index (κ3) is 3.67. The smallest absolute Gasteiger partial charge is 0.141 e. The first-order valence-corrected chi connectivity index (χ1v) is 7.32. The lowest BCUT2D eigenvalue weighted by Gasteiger charge is -2.08. The molecule has 1 aromatic carbocycles. The Morgan fingerprint density at radius 3 is 2.79 bits per heavy atom. The number of hydrogen-bond acceptors (Lipinski definition) is 3. The van der Waals surface area contributed by atoms with Crippen LogP contribution in [0.3, 0.4) is 0 Å². The first-order valence-electron chi connectivity index (χ1n) is 6.15. The van der Waals surface area contributed by atoms with Crippen molar-refractivity contribution < 1.29 is 0 Å². The number of benzene rings is 1. The maximum absolute atomic E-state index is 5.98. The van der Waals surface area contributed by atoms with Crippen LogP contribution in [0.1, 0.15) is 30.4 Å². The number of halogens is 2. The minimum Gasteiger partial charge on any atom is -0.383 e. The van der Waals surface area contributed by atoms with Gasteiger partial charge in [-0.25, -0.2) is 9.97 Å². The highest BCUT2D eigenvalue weighted by molar-refractivity contribution is 9.10. The molecule has 100 valence electrons. The minimum atomic E-state index is 0.496. The Hall–Kier alpha value is -1.13. The van der Waals surface area contributed by atoms with Gasteiger partial charge in [0.15, 0.2) is 0 Å². The van der Waals surface area contributed by atoms with Crippen molar-refractivity contribution in [2.75, 3.05) is 5.73 Å². The van der Waals surface area contributed by atoms with Gasteiger partial charge in [-0.2, -0.15) is 0 Å². The van der Waals surface area contributed by atoms with Gasteiger partial charge in [0.05, 0.1) is 10.2 Å². The number of nitrogens with two attached hydrogens (primary N) is 1. The zero-order valence-corrected chi connectivity index (χ0v) is 13.0. The van der Waals surface area contributed by atoms with Crippen molar-refractivity contribution in [3.8, 4) is 0 Å². The van der Waals surface area contributed by atoms with E-state index in [0.717, 1.165) is 39.4 Å².